The quantitative estimate of drug-likeness (QED) is 0.589. The molecule has 0 saturated carbocycles. The number of carbonyl (C=O) groups is 1. The Morgan fingerprint density at radius 2 is 2.58 bits per heavy atom. The molecule has 0 radical (unpaired) electrons. The van der Waals surface area contributed by atoms with E-state index in [-0.39, 0.29) is 0 Å². The second-order valence-electron chi connectivity index (χ2n) is 2.78. The first-order chi connectivity index (χ1) is 5.77. The van der Waals surface area contributed by atoms with Crippen LogP contribution in [0.3, 0.4) is 0 Å². The fraction of sp³-hybridized carbons (Fsp3) is 0.429. The molecule has 0 spiro atoms. The molecule has 2 rings (SSSR count). The van der Waals surface area contributed by atoms with E-state index in [1.54, 1.807) is 6.33 Å². The van der Waals surface area contributed by atoms with Crippen LogP contribution in [0.25, 0.3) is 0 Å². The Labute approximate surface area is 69.0 Å². The van der Waals surface area contributed by atoms with Gasteiger partial charge in [0.1, 0.15) is 0 Å². The number of imidazole rings is 1. The van der Waals surface area contributed by atoms with Crippen molar-refractivity contribution in [1.29, 1.82) is 0 Å². The number of nitrogens with one attached hydrogen (secondary N) is 1. The lowest BCUT2D eigenvalue weighted by molar-refractivity contribution is 0.139. The second kappa shape index (κ2) is 2.51. The number of aromatic amines is 1. The summed E-state index contributed by atoms with van der Waals surface area (Å²) >= 11 is 0. The van der Waals surface area contributed by atoms with Crippen LogP contribution in [0, 0.1) is 0 Å². The minimum atomic E-state index is -0.872. The molecule has 1 aliphatic heterocycles. The van der Waals surface area contributed by atoms with Gasteiger partial charge in [0.05, 0.1) is 18.6 Å². The number of nitrogens with zero attached hydrogens (tertiary/aromatic N) is 2. The van der Waals surface area contributed by atoms with Crippen LogP contribution in [0.15, 0.2) is 6.33 Å². The van der Waals surface area contributed by atoms with Crippen molar-refractivity contribution in [2.24, 2.45) is 0 Å². The molecule has 1 amide bonds. The summed E-state index contributed by atoms with van der Waals surface area (Å²) in [5.41, 5.74) is 1.91. The van der Waals surface area contributed by atoms with Gasteiger partial charge in [-0.15, -0.1) is 0 Å². The van der Waals surface area contributed by atoms with Crippen molar-refractivity contribution in [2.75, 3.05) is 6.54 Å². The number of fused-ring (bicyclic) bond motifs is 1. The Morgan fingerprint density at radius 1 is 1.75 bits per heavy atom. The van der Waals surface area contributed by atoms with Crippen LogP contribution in [0.5, 0.6) is 0 Å². The van der Waals surface area contributed by atoms with Gasteiger partial charge in [0.25, 0.3) is 0 Å². The van der Waals surface area contributed by atoms with Crippen molar-refractivity contribution >= 4 is 6.09 Å². The van der Waals surface area contributed by atoms with Crippen molar-refractivity contribution in [2.45, 2.75) is 13.0 Å². The molecule has 0 bridgehead atoms. The van der Waals surface area contributed by atoms with Crippen molar-refractivity contribution in [1.82, 2.24) is 14.9 Å². The van der Waals surface area contributed by atoms with E-state index in [9.17, 15) is 4.79 Å². The van der Waals surface area contributed by atoms with E-state index in [0.29, 0.717) is 13.1 Å². The Morgan fingerprint density at radius 3 is 3.33 bits per heavy atom. The molecular weight excluding hydrogens is 158 g/mol. The van der Waals surface area contributed by atoms with Crippen LogP contribution in [-0.4, -0.2) is 32.6 Å². The summed E-state index contributed by atoms with van der Waals surface area (Å²) in [4.78, 5) is 19.0. The third kappa shape index (κ3) is 1.03. The van der Waals surface area contributed by atoms with E-state index < -0.39 is 6.09 Å². The van der Waals surface area contributed by atoms with Crippen LogP contribution >= 0.6 is 0 Å². The summed E-state index contributed by atoms with van der Waals surface area (Å²) in [7, 11) is 0. The third-order valence-corrected chi connectivity index (χ3v) is 2.05. The standard InChI is InChI=1S/C7H9N3O2/c11-7(12)10-2-1-5-6(3-10)9-4-8-5/h4H,1-3H2,(H,8,9)(H,11,12). The van der Waals surface area contributed by atoms with Gasteiger partial charge in [-0.05, 0) is 0 Å². The fourth-order valence-electron chi connectivity index (χ4n) is 1.37. The molecule has 5 heteroatoms. The maximum atomic E-state index is 10.6. The predicted octanol–water partition coefficient (Wildman–Crippen LogP) is 0.446. The lowest BCUT2D eigenvalue weighted by Gasteiger charge is -2.22. The van der Waals surface area contributed by atoms with Gasteiger partial charge < -0.3 is 15.0 Å². The number of hydrogen-bond donors (Lipinski definition) is 2. The smallest absolute Gasteiger partial charge is 0.407 e. The topological polar surface area (TPSA) is 69.2 Å². The summed E-state index contributed by atoms with van der Waals surface area (Å²) in [5.74, 6) is 0. The molecule has 1 aliphatic rings. The lowest BCUT2D eigenvalue weighted by atomic mass is 10.1. The minimum absolute atomic E-state index is 0.411. The molecule has 2 heterocycles. The summed E-state index contributed by atoms with van der Waals surface area (Å²) in [6.45, 7) is 0.971. The summed E-state index contributed by atoms with van der Waals surface area (Å²) in [6, 6.07) is 0. The molecule has 1 aromatic rings. The van der Waals surface area contributed by atoms with Crippen LogP contribution in [0.1, 0.15) is 11.4 Å². The van der Waals surface area contributed by atoms with Crippen molar-refractivity contribution in [3.05, 3.63) is 17.7 Å². The summed E-state index contributed by atoms with van der Waals surface area (Å²) in [6.07, 6.45) is 1.47. The van der Waals surface area contributed by atoms with Crippen LogP contribution in [0.2, 0.25) is 0 Å². The first-order valence-corrected chi connectivity index (χ1v) is 3.76. The van der Waals surface area contributed by atoms with E-state index in [4.69, 9.17) is 5.11 Å². The average Bonchev–Trinajstić information content (AvgIpc) is 2.49. The van der Waals surface area contributed by atoms with Crippen molar-refractivity contribution < 1.29 is 9.90 Å². The highest BCUT2D eigenvalue weighted by molar-refractivity contribution is 5.65. The fourth-order valence-corrected chi connectivity index (χ4v) is 1.37. The third-order valence-electron chi connectivity index (χ3n) is 2.05. The van der Waals surface area contributed by atoms with Gasteiger partial charge in [0.15, 0.2) is 0 Å². The van der Waals surface area contributed by atoms with E-state index in [0.717, 1.165) is 17.8 Å². The van der Waals surface area contributed by atoms with Gasteiger partial charge in [0.2, 0.25) is 0 Å². The number of H-pyrrole nitrogens is 1. The van der Waals surface area contributed by atoms with Gasteiger partial charge in [-0.1, -0.05) is 0 Å². The van der Waals surface area contributed by atoms with Crippen LogP contribution in [0.4, 0.5) is 4.79 Å². The molecule has 64 valence electrons. The molecule has 5 nitrogen and oxygen atoms in total. The number of hydrogen-bond acceptors (Lipinski definition) is 2. The molecule has 2 N–H and O–H groups in total. The van der Waals surface area contributed by atoms with E-state index >= 15 is 0 Å². The van der Waals surface area contributed by atoms with Crippen LogP contribution < -0.4 is 0 Å². The SMILES string of the molecule is O=C(O)N1CCc2[nH]cnc2C1. The Hall–Kier alpha value is -1.52. The van der Waals surface area contributed by atoms with Gasteiger partial charge >= 0.3 is 6.09 Å². The average molecular weight is 167 g/mol. The molecule has 0 aromatic carbocycles. The minimum Gasteiger partial charge on any atom is -0.465 e. The zero-order valence-corrected chi connectivity index (χ0v) is 6.45. The molecule has 1 aromatic heterocycles. The van der Waals surface area contributed by atoms with Gasteiger partial charge in [-0.25, -0.2) is 9.78 Å². The first kappa shape index (κ1) is 7.15. The highest BCUT2D eigenvalue weighted by Crippen LogP contribution is 2.14. The Balaban J connectivity index is 2.20. The molecule has 0 aliphatic carbocycles. The monoisotopic (exact) mass is 167 g/mol. The van der Waals surface area contributed by atoms with E-state index in [1.807, 2.05) is 0 Å². The predicted molar refractivity (Wildman–Crippen MR) is 40.7 cm³/mol. The zero-order valence-electron chi connectivity index (χ0n) is 6.45. The molecule has 12 heavy (non-hydrogen) atoms. The Bertz CT molecular complexity index is 307. The van der Waals surface area contributed by atoms with Crippen molar-refractivity contribution in [3.63, 3.8) is 0 Å². The maximum absolute atomic E-state index is 10.6. The van der Waals surface area contributed by atoms with Crippen molar-refractivity contribution in [3.8, 4) is 0 Å². The second-order valence-corrected chi connectivity index (χ2v) is 2.78. The van der Waals surface area contributed by atoms with Crippen LogP contribution in [-0.2, 0) is 13.0 Å². The highest BCUT2D eigenvalue weighted by Gasteiger charge is 2.21. The molecule has 0 saturated heterocycles. The Kier molecular flexibility index (Phi) is 1.49. The normalized spacial score (nSPS) is 15.8. The zero-order chi connectivity index (χ0) is 8.55. The molecular formula is C7H9N3O2. The number of rotatable bonds is 0. The highest BCUT2D eigenvalue weighted by atomic mass is 16.4. The number of amides is 1. The largest absolute Gasteiger partial charge is 0.465 e. The summed E-state index contributed by atoms with van der Waals surface area (Å²) < 4.78 is 0. The molecule has 0 fully saturated rings. The molecule has 0 unspecified atom stereocenters. The first-order valence-electron chi connectivity index (χ1n) is 3.76. The van der Waals surface area contributed by atoms with Gasteiger partial charge in [0, 0.05) is 18.7 Å². The van der Waals surface area contributed by atoms with Gasteiger partial charge in [-0.3, -0.25) is 0 Å². The van der Waals surface area contributed by atoms with E-state index in [2.05, 4.69) is 9.97 Å². The number of carboxylic acid groups (broad SMARTS) is 1. The van der Waals surface area contributed by atoms with Gasteiger partial charge in [-0.2, -0.15) is 0 Å². The number of aromatic nitrogens is 2. The summed E-state index contributed by atoms with van der Waals surface area (Å²) in [5, 5.41) is 8.69. The van der Waals surface area contributed by atoms with E-state index in [1.165, 1.54) is 4.90 Å². The molecule has 0 atom stereocenters. The lowest BCUT2D eigenvalue weighted by Crippen LogP contribution is -2.34. The maximum Gasteiger partial charge on any atom is 0.407 e.